The molecule has 0 aliphatic carbocycles. The predicted molar refractivity (Wildman–Crippen MR) is 152 cm³/mol. The Hall–Kier alpha value is -0.0800. The highest BCUT2D eigenvalue weighted by molar-refractivity contribution is 4.50. The fourth-order valence-corrected chi connectivity index (χ4v) is 3.83. The van der Waals surface area contributed by atoms with Crippen LogP contribution in [-0.2, 0) is 0 Å². The van der Waals surface area contributed by atoms with Crippen molar-refractivity contribution in [2.24, 2.45) is 0 Å². The topological polar surface area (TPSA) is 6.48 Å². The second-order valence-electron chi connectivity index (χ2n) is 9.97. The molecule has 0 spiro atoms. The van der Waals surface area contributed by atoms with Crippen LogP contribution in [0.4, 0.5) is 0 Å². The first-order valence-corrected chi connectivity index (χ1v) is 14.8. The van der Waals surface area contributed by atoms with Crippen molar-refractivity contribution in [2.75, 3.05) is 41.3 Å². The Morgan fingerprint density at radius 3 is 0.688 bits per heavy atom. The maximum absolute atomic E-state index is 2.28. The minimum absolute atomic E-state index is 1.26. The lowest BCUT2D eigenvalue weighted by Crippen LogP contribution is -2.12. The van der Waals surface area contributed by atoms with E-state index in [1.165, 1.54) is 142 Å². The minimum atomic E-state index is 1.26. The van der Waals surface area contributed by atoms with Gasteiger partial charge in [-0.15, -0.1) is 0 Å². The molecule has 0 unspecified atom stereocenters. The van der Waals surface area contributed by atoms with Gasteiger partial charge in [0.15, 0.2) is 0 Å². The third kappa shape index (κ3) is 43.7. The van der Waals surface area contributed by atoms with Gasteiger partial charge in [-0.05, 0) is 54.1 Å². The van der Waals surface area contributed by atoms with Gasteiger partial charge in [-0.3, -0.25) is 0 Å². The minimum Gasteiger partial charge on any atom is -0.309 e. The zero-order chi connectivity index (χ0) is 24.7. The number of rotatable bonds is 22. The molecule has 0 rings (SSSR count). The van der Waals surface area contributed by atoms with Crippen molar-refractivity contribution in [3.05, 3.63) is 0 Å². The largest absolute Gasteiger partial charge is 0.309 e. The molecule has 0 amide bonds. The normalized spacial score (nSPS) is 10.7. The predicted octanol–water partition coefficient (Wildman–Crippen LogP) is 9.96. The Labute approximate surface area is 207 Å². The van der Waals surface area contributed by atoms with Gasteiger partial charge in [0.25, 0.3) is 0 Å². The van der Waals surface area contributed by atoms with E-state index in [1.54, 1.807) is 0 Å². The molecule has 0 heterocycles. The molecule has 0 N–H and O–H groups in total. The van der Waals surface area contributed by atoms with Crippen LogP contribution in [0.5, 0.6) is 0 Å². The van der Waals surface area contributed by atoms with Crippen LogP contribution < -0.4 is 0 Å². The SMILES string of the molecule is CC.CCCCCCCCCCCCN(C)C.CCCCCCCCCCCCN(C)C. The summed E-state index contributed by atoms with van der Waals surface area (Å²) < 4.78 is 0. The molecule has 0 aromatic heterocycles. The van der Waals surface area contributed by atoms with Gasteiger partial charge in [0.05, 0.1) is 0 Å². The summed E-state index contributed by atoms with van der Waals surface area (Å²) in [6.07, 6.45) is 28.7. The summed E-state index contributed by atoms with van der Waals surface area (Å²) in [5.41, 5.74) is 0. The second-order valence-corrected chi connectivity index (χ2v) is 9.97. The first kappa shape index (κ1) is 36.5. The van der Waals surface area contributed by atoms with Crippen molar-refractivity contribution >= 4 is 0 Å². The van der Waals surface area contributed by atoms with E-state index in [1.807, 2.05) is 13.8 Å². The summed E-state index contributed by atoms with van der Waals surface area (Å²) in [7, 11) is 8.64. The van der Waals surface area contributed by atoms with Crippen LogP contribution in [0, 0.1) is 0 Å². The van der Waals surface area contributed by atoms with Gasteiger partial charge in [-0.1, -0.05) is 143 Å². The lowest BCUT2D eigenvalue weighted by molar-refractivity contribution is 0.389. The monoisotopic (exact) mass is 457 g/mol. The van der Waals surface area contributed by atoms with Crippen LogP contribution in [0.15, 0.2) is 0 Å². The number of hydrogen-bond donors (Lipinski definition) is 0. The molecule has 0 saturated carbocycles. The molecular formula is C30H68N2. The molecule has 32 heavy (non-hydrogen) atoms. The standard InChI is InChI=1S/2C14H31N.C2H6/c2*1-4-5-6-7-8-9-10-11-12-13-14-15(2)3;1-2/h2*4-14H2,1-3H3;1-2H3. The Morgan fingerprint density at radius 1 is 0.312 bits per heavy atom. The Bertz CT molecular complexity index is 248. The lowest BCUT2D eigenvalue weighted by atomic mass is 10.1. The van der Waals surface area contributed by atoms with Gasteiger partial charge in [0.1, 0.15) is 0 Å². The van der Waals surface area contributed by atoms with Crippen molar-refractivity contribution in [3.8, 4) is 0 Å². The average molecular weight is 457 g/mol. The highest BCUT2D eigenvalue weighted by Crippen LogP contribution is 2.11. The fraction of sp³-hybridized carbons (Fsp3) is 1.00. The van der Waals surface area contributed by atoms with Crippen molar-refractivity contribution in [1.82, 2.24) is 9.80 Å². The van der Waals surface area contributed by atoms with E-state index >= 15 is 0 Å². The van der Waals surface area contributed by atoms with E-state index in [4.69, 9.17) is 0 Å². The van der Waals surface area contributed by atoms with E-state index < -0.39 is 0 Å². The van der Waals surface area contributed by atoms with Gasteiger partial charge in [0.2, 0.25) is 0 Å². The zero-order valence-corrected chi connectivity index (χ0v) is 24.5. The highest BCUT2D eigenvalue weighted by Gasteiger charge is 1.94. The molecule has 0 aromatic carbocycles. The summed E-state index contributed by atoms with van der Waals surface area (Å²) in [5.74, 6) is 0. The van der Waals surface area contributed by atoms with Crippen molar-refractivity contribution in [2.45, 2.75) is 156 Å². The summed E-state index contributed by atoms with van der Waals surface area (Å²) in [6, 6.07) is 0. The van der Waals surface area contributed by atoms with Crippen LogP contribution in [0.25, 0.3) is 0 Å². The molecule has 0 fully saturated rings. The molecule has 0 aliphatic rings. The summed E-state index contributed by atoms with van der Waals surface area (Å²) >= 11 is 0. The Balaban J connectivity index is -0.000000487. The fourth-order valence-electron chi connectivity index (χ4n) is 3.83. The van der Waals surface area contributed by atoms with Crippen molar-refractivity contribution < 1.29 is 0 Å². The molecule has 2 nitrogen and oxygen atoms in total. The molecular weight excluding hydrogens is 388 g/mol. The average Bonchev–Trinajstić information content (AvgIpc) is 2.78. The molecule has 198 valence electrons. The van der Waals surface area contributed by atoms with E-state index in [-0.39, 0.29) is 0 Å². The Morgan fingerprint density at radius 2 is 0.500 bits per heavy atom. The van der Waals surface area contributed by atoms with Gasteiger partial charge in [-0.2, -0.15) is 0 Å². The molecule has 0 aliphatic heterocycles. The summed E-state index contributed by atoms with van der Waals surface area (Å²) in [4.78, 5) is 4.56. The van der Waals surface area contributed by atoms with E-state index in [2.05, 4.69) is 51.8 Å². The van der Waals surface area contributed by atoms with Gasteiger partial charge < -0.3 is 9.80 Å². The first-order valence-electron chi connectivity index (χ1n) is 14.8. The maximum Gasteiger partial charge on any atom is -0.00248 e. The smallest absolute Gasteiger partial charge is 0.00248 e. The summed E-state index contributed by atoms with van der Waals surface area (Å²) in [6.45, 7) is 11.1. The van der Waals surface area contributed by atoms with E-state index in [9.17, 15) is 0 Å². The van der Waals surface area contributed by atoms with E-state index in [0.29, 0.717) is 0 Å². The molecule has 0 atom stereocenters. The van der Waals surface area contributed by atoms with Crippen LogP contribution in [0.1, 0.15) is 156 Å². The quantitative estimate of drug-likeness (QED) is 0.149. The van der Waals surface area contributed by atoms with Gasteiger partial charge in [-0.25, -0.2) is 0 Å². The molecule has 0 saturated heterocycles. The third-order valence-corrected chi connectivity index (χ3v) is 5.92. The van der Waals surface area contributed by atoms with Crippen LogP contribution >= 0.6 is 0 Å². The van der Waals surface area contributed by atoms with Crippen molar-refractivity contribution in [3.63, 3.8) is 0 Å². The van der Waals surface area contributed by atoms with Gasteiger partial charge in [0, 0.05) is 0 Å². The molecule has 0 bridgehead atoms. The Kier molecular flexibility index (Phi) is 40.5. The van der Waals surface area contributed by atoms with Crippen LogP contribution in [0.2, 0.25) is 0 Å². The number of unbranched alkanes of at least 4 members (excludes halogenated alkanes) is 18. The van der Waals surface area contributed by atoms with E-state index in [0.717, 1.165) is 0 Å². The number of hydrogen-bond acceptors (Lipinski definition) is 2. The van der Waals surface area contributed by atoms with Crippen LogP contribution in [-0.4, -0.2) is 51.1 Å². The first-order chi connectivity index (χ1) is 15.5. The van der Waals surface area contributed by atoms with Crippen molar-refractivity contribution in [1.29, 1.82) is 0 Å². The second kappa shape index (κ2) is 35.5. The highest BCUT2D eigenvalue weighted by atomic mass is 15.0. The zero-order valence-electron chi connectivity index (χ0n) is 24.5. The molecule has 0 aromatic rings. The molecule has 2 heteroatoms. The molecule has 0 radical (unpaired) electrons. The lowest BCUT2D eigenvalue weighted by Gasteiger charge is -2.08. The third-order valence-electron chi connectivity index (χ3n) is 5.92. The summed E-state index contributed by atoms with van der Waals surface area (Å²) in [5, 5.41) is 0. The van der Waals surface area contributed by atoms with Gasteiger partial charge >= 0.3 is 0 Å². The maximum atomic E-state index is 2.28. The number of nitrogens with zero attached hydrogens (tertiary/aromatic N) is 2. The van der Waals surface area contributed by atoms with Crippen LogP contribution in [0.3, 0.4) is 0 Å².